The first-order valence-electron chi connectivity index (χ1n) is 5.66. The van der Waals surface area contributed by atoms with Gasteiger partial charge in [-0.3, -0.25) is 0 Å². The molecule has 2 aromatic rings. The van der Waals surface area contributed by atoms with Crippen LogP contribution in [0.1, 0.15) is 26.3 Å². The molecule has 1 N–H and O–H groups in total. The molecule has 0 spiro atoms. The van der Waals surface area contributed by atoms with Crippen LogP contribution in [0.2, 0.25) is 0 Å². The van der Waals surface area contributed by atoms with Crippen LogP contribution in [0.25, 0.3) is 0 Å². The first kappa shape index (κ1) is 13.3. The number of nitrogens with zero attached hydrogens (tertiary/aromatic N) is 1. The van der Waals surface area contributed by atoms with Crippen molar-refractivity contribution in [1.29, 1.82) is 5.26 Å². The van der Waals surface area contributed by atoms with Crippen LogP contribution in [-0.4, -0.2) is 17.0 Å². The number of rotatable bonds is 3. The van der Waals surface area contributed by atoms with Crippen molar-refractivity contribution < 1.29 is 19.4 Å². The Bertz CT molecular complexity index is 699. The molecular weight excluding hydrogens is 258 g/mol. The molecule has 0 aliphatic carbocycles. The topological polar surface area (TPSA) is 87.4 Å². The lowest BCUT2D eigenvalue weighted by Crippen LogP contribution is -2.11. The summed E-state index contributed by atoms with van der Waals surface area (Å²) in [4.78, 5) is 22.9. The summed E-state index contributed by atoms with van der Waals surface area (Å²) in [5.41, 5.74) is 0.575. The number of benzene rings is 2. The van der Waals surface area contributed by atoms with Crippen LogP contribution in [0.5, 0.6) is 5.75 Å². The third-order valence-electron chi connectivity index (χ3n) is 2.57. The molecule has 5 heteroatoms. The Balaban J connectivity index is 2.23. The molecule has 0 saturated carbocycles. The SMILES string of the molecule is N#Cc1ccc(C(=O)Oc2ccccc2C(=O)O)cc1. The van der Waals surface area contributed by atoms with Gasteiger partial charge in [0.05, 0.1) is 17.2 Å². The zero-order valence-corrected chi connectivity index (χ0v) is 10.2. The van der Waals surface area contributed by atoms with E-state index in [-0.39, 0.29) is 16.9 Å². The number of carbonyl (C=O) groups is 2. The Morgan fingerprint density at radius 2 is 1.70 bits per heavy atom. The highest BCUT2D eigenvalue weighted by atomic mass is 16.5. The fourth-order valence-electron chi connectivity index (χ4n) is 1.57. The Morgan fingerprint density at radius 3 is 2.30 bits per heavy atom. The van der Waals surface area contributed by atoms with Gasteiger partial charge in [0.15, 0.2) is 0 Å². The fourth-order valence-corrected chi connectivity index (χ4v) is 1.57. The molecule has 0 heterocycles. The molecule has 0 saturated heterocycles. The average molecular weight is 267 g/mol. The monoisotopic (exact) mass is 267 g/mol. The van der Waals surface area contributed by atoms with Gasteiger partial charge in [-0.2, -0.15) is 5.26 Å². The maximum atomic E-state index is 11.9. The van der Waals surface area contributed by atoms with Crippen molar-refractivity contribution in [3.63, 3.8) is 0 Å². The van der Waals surface area contributed by atoms with Gasteiger partial charge in [0, 0.05) is 0 Å². The molecule has 0 bridgehead atoms. The van der Waals surface area contributed by atoms with Gasteiger partial charge in [0.2, 0.25) is 0 Å². The van der Waals surface area contributed by atoms with E-state index in [0.29, 0.717) is 5.56 Å². The molecule has 0 unspecified atom stereocenters. The van der Waals surface area contributed by atoms with Crippen LogP contribution in [0.3, 0.4) is 0 Å². The van der Waals surface area contributed by atoms with Gasteiger partial charge in [0.25, 0.3) is 0 Å². The largest absolute Gasteiger partial charge is 0.478 e. The predicted octanol–water partition coefficient (Wildman–Crippen LogP) is 2.48. The summed E-state index contributed by atoms with van der Waals surface area (Å²) in [6.07, 6.45) is 0. The van der Waals surface area contributed by atoms with E-state index in [0.717, 1.165) is 0 Å². The fraction of sp³-hybridized carbons (Fsp3) is 0. The van der Waals surface area contributed by atoms with E-state index in [1.807, 2.05) is 6.07 Å². The number of para-hydroxylation sites is 1. The van der Waals surface area contributed by atoms with E-state index < -0.39 is 11.9 Å². The molecule has 0 amide bonds. The van der Waals surface area contributed by atoms with Crippen LogP contribution < -0.4 is 4.74 Å². The Hall–Kier alpha value is -3.13. The van der Waals surface area contributed by atoms with Crippen molar-refractivity contribution >= 4 is 11.9 Å². The number of hydrogen-bond donors (Lipinski definition) is 1. The number of carboxylic acids is 1. The van der Waals surface area contributed by atoms with Crippen molar-refractivity contribution in [2.45, 2.75) is 0 Å². The lowest BCUT2D eigenvalue weighted by molar-refractivity contribution is 0.0681. The van der Waals surface area contributed by atoms with E-state index >= 15 is 0 Å². The van der Waals surface area contributed by atoms with Crippen molar-refractivity contribution in [2.75, 3.05) is 0 Å². The van der Waals surface area contributed by atoms with Crippen LogP contribution in [0.15, 0.2) is 48.5 Å². The number of hydrogen-bond acceptors (Lipinski definition) is 4. The first-order chi connectivity index (χ1) is 9.61. The number of esters is 1. The van der Waals surface area contributed by atoms with Gasteiger partial charge in [0.1, 0.15) is 11.3 Å². The molecule has 0 aromatic heterocycles. The summed E-state index contributed by atoms with van der Waals surface area (Å²) in [6, 6.07) is 13.7. The average Bonchev–Trinajstić information content (AvgIpc) is 2.47. The van der Waals surface area contributed by atoms with Crippen LogP contribution in [0.4, 0.5) is 0 Å². The molecule has 2 aromatic carbocycles. The number of ether oxygens (including phenoxy) is 1. The molecule has 0 aliphatic heterocycles. The molecule has 20 heavy (non-hydrogen) atoms. The second-order valence-electron chi connectivity index (χ2n) is 3.88. The van der Waals surface area contributed by atoms with Crippen molar-refractivity contribution in [1.82, 2.24) is 0 Å². The van der Waals surface area contributed by atoms with Crippen molar-refractivity contribution in [3.8, 4) is 11.8 Å². The zero-order valence-electron chi connectivity index (χ0n) is 10.2. The predicted molar refractivity (Wildman–Crippen MR) is 69.5 cm³/mol. The van der Waals surface area contributed by atoms with E-state index in [1.165, 1.54) is 36.4 Å². The molecule has 2 rings (SSSR count). The van der Waals surface area contributed by atoms with Gasteiger partial charge >= 0.3 is 11.9 Å². The summed E-state index contributed by atoms with van der Waals surface area (Å²) in [5, 5.41) is 17.7. The lowest BCUT2D eigenvalue weighted by Gasteiger charge is -2.07. The van der Waals surface area contributed by atoms with Gasteiger partial charge < -0.3 is 9.84 Å². The quantitative estimate of drug-likeness (QED) is 0.681. The third-order valence-corrected chi connectivity index (χ3v) is 2.57. The lowest BCUT2D eigenvalue weighted by atomic mass is 10.1. The highest BCUT2D eigenvalue weighted by molar-refractivity contribution is 5.95. The Kier molecular flexibility index (Phi) is 3.77. The summed E-state index contributed by atoms with van der Waals surface area (Å²) in [6.45, 7) is 0. The minimum absolute atomic E-state index is 0.0191. The van der Waals surface area contributed by atoms with Gasteiger partial charge in [-0.05, 0) is 36.4 Å². The van der Waals surface area contributed by atoms with Crippen LogP contribution in [0, 0.1) is 11.3 Å². The van der Waals surface area contributed by atoms with Gasteiger partial charge in [-0.25, -0.2) is 9.59 Å². The normalized spacial score (nSPS) is 9.55. The van der Waals surface area contributed by atoms with Crippen molar-refractivity contribution in [2.24, 2.45) is 0 Å². The second-order valence-corrected chi connectivity index (χ2v) is 3.88. The highest BCUT2D eigenvalue weighted by Crippen LogP contribution is 2.19. The second kappa shape index (κ2) is 5.67. The molecule has 0 fully saturated rings. The van der Waals surface area contributed by atoms with Gasteiger partial charge in [-0.1, -0.05) is 12.1 Å². The Labute approximate surface area is 114 Å². The number of carboxylic acid groups (broad SMARTS) is 1. The first-order valence-corrected chi connectivity index (χ1v) is 5.66. The minimum Gasteiger partial charge on any atom is -0.478 e. The maximum Gasteiger partial charge on any atom is 0.343 e. The summed E-state index contributed by atoms with van der Waals surface area (Å²) in [7, 11) is 0. The molecule has 5 nitrogen and oxygen atoms in total. The maximum absolute atomic E-state index is 11.9. The zero-order chi connectivity index (χ0) is 14.5. The smallest absolute Gasteiger partial charge is 0.343 e. The molecule has 98 valence electrons. The third kappa shape index (κ3) is 2.82. The van der Waals surface area contributed by atoms with E-state index in [4.69, 9.17) is 15.1 Å². The summed E-state index contributed by atoms with van der Waals surface area (Å²) >= 11 is 0. The highest BCUT2D eigenvalue weighted by Gasteiger charge is 2.15. The summed E-state index contributed by atoms with van der Waals surface area (Å²) < 4.78 is 5.06. The molecular formula is C15H9NO4. The number of carbonyl (C=O) groups excluding carboxylic acids is 1. The van der Waals surface area contributed by atoms with E-state index in [2.05, 4.69) is 0 Å². The van der Waals surface area contributed by atoms with Gasteiger partial charge in [-0.15, -0.1) is 0 Å². The number of nitriles is 1. The van der Waals surface area contributed by atoms with E-state index in [1.54, 1.807) is 12.1 Å². The molecule has 0 atom stereocenters. The van der Waals surface area contributed by atoms with Crippen molar-refractivity contribution in [3.05, 3.63) is 65.2 Å². The Morgan fingerprint density at radius 1 is 1.05 bits per heavy atom. The molecule has 0 aliphatic rings. The molecule has 0 radical (unpaired) electrons. The standard InChI is InChI=1S/C15H9NO4/c16-9-10-5-7-11(8-6-10)15(19)20-13-4-2-1-3-12(13)14(17)18/h1-8H,(H,17,18). The number of aromatic carboxylic acids is 1. The van der Waals surface area contributed by atoms with E-state index in [9.17, 15) is 9.59 Å². The summed E-state index contributed by atoms with van der Waals surface area (Å²) in [5.74, 6) is -1.87. The van der Waals surface area contributed by atoms with Crippen LogP contribution >= 0.6 is 0 Å². The minimum atomic E-state index is -1.17. The van der Waals surface area contributed by atoms with Crippen LogP contribution in [-0.2, 0) is 0 Å².